The quantitative estimate of drug-likeness (QED) is 0.492. The summed E-state index contributed by atoms with van der Waals surface area (Å²) >= 11 is 1.65. The normalized spacial score (nSPS) is 11.1. The fourth-order valence-electron chi connectivity index (χ4n) is 2.70. The molecule has 0 spiro atoms. The first-order chi connectivity index (χ1) is 13.0. The van der Waals surface area contributed by atoms with Gasteiger partial charge in [-0.3, -0.25) is 14.6 Å². The summed E-state index contributed by atoms with van der Waals surface area (Å²) in [7, 11) is 1.88. The number of fused-ring (bicyclic) bond motifs is 1. The Morgan fingerprint density at radius 1 is 1.33 bits per heavy atom. The number of pyridine rings is 1. The maximum absolute atomic E-state index is 12.2. The number of nitrogens with one attached hydrogen (secondary N) is 1. The number of hydroxylamine groups is 1. The van der Waals surface area contributed by atoms with Crippen molar-refractivity contribution in [2.75, 3.05) is 18.6 Å². The van der Waals surface area contributed by atoms with Gasteiger partial charge >= 0.3 is 0 Å². The van der Waals surface area contributed by atoms with Crippen molar-refractivity contribution < 1.29 is 9.63 Å². The molecule has 0 saturated heterocycles. The standard InChI is InChI=1S/C18H22N6O2S/c1-5-12-9-13(18(25)23-26-6-7-27-4)10-19-15(12)17-20-14-8-11(2)21-22-16(14)24(17)3/h8-10H,5-7H2,1-4H3,(H,23,25). The molecule has 0 aromatic carbocycles. The number of aryl methyl sites for hydroxylation is 3. The van der Waals surface area contributed by atoms with Gasteiger partial charge in [-0.2, -0.15) is 16.9 Å². The monoisotopic (exact) mass is 386 g/mol. The van der Waals surface area contributed by atoms with Crippen LogP contribution in [0.4, 0.5) is 0 Å². The van der Waals surface area contributed by atoms with Gasteiger partial charge in [0.25, 0.3) is 5.91 Å². The molecular weight excluding hydrogens is 364 g/mol. The maximum Gasteiger partial charge on any atom is 0.276 e. The van der Waals surface area contributed by atoms with Gasteiger partial charge in [-0.1, -0.05) is 6.92 Å². The summed E-state index contributed by atoms with van der Waals surface area (Å²) in [4.78, 5) is 26.6. The van der Waals surface area contributed by atoms with Gasteiger partial charge in [0.05, 0.1) is 17.9 Å². The Morgan fingerprint density at radius 3 is 2.89 bits per heavy atom. The number of carbonyl (C=O) groups excluding carboxylic acids is 1. The minimum Gasteiger partial charge on any atom is -0.309 e. The fraction of sp³-hybridized carbons (Fsp3) is 0.389. The number of imidazole rings is 1. The minimum absolute atomic E-state index is 0.309. The summed E-state index contributed by atoms with van der Waals surface area (Å²) in [6.07, 6.45) is 4.23. The highest BCUT2D eigenvalue weighted by molar-refractivity contribution is 7.98. The first-order valence-electron chi connectivity index (χ1n) is 8.62. The number of rotatable bonds is 7. The van der Waals surface area contributed by atoms with Crippen LogP contribution >= 0.6 is 11.8 Å². The third kappa shape index (κ3) is 4.09. The summed E-state index contributed by atoms with van der Waals surface area (Å²) in [5.74, 6) is 1.20. The van der Waals surface area contributed by atoms with Crippen LogP contribution in [0.1, 0.15) is 28.5 Å². The first-order valence-corrected chi connectivity index (χ1v) is 10.0. The molecule has 8 nitrogen and oxygen atoms in total. The van der Waals surface area contributed by atoms with Gasteiger partial charge in [-0.05, 0) is 37.3 Å². The van der Waals surface area contributed by atoms with Crippen LogP contribution in [0.3, 0.4) is 0 Å². The third-order valence-corrected chi connectivity index (χ3v) is 4.69. The van der Waals surface area contributed by atoms with E-state index < -0.39 is 0 Å². The van der Waals surface area contributed by atoms with E-state index in [0.29, 0.717) is 30.1 Å². The van der Waals surface area contributed by atoms with E-state index >= 15 is 0 Å². The van der Waals surface area contributed by atoms with Gasteiger partial charge in [0.1, 0.15) is 11.2 Å². The van der Waals surface area contributed by atoms with Crippen LogP contribution < -0.4 is 5.48 Å². The predicted octanol–water partition coefficient (Wildman–Crippen LogP) is 2.32. The molecule has 142 valence electrons. The molecule has 0 saturated carbocycles. The number of aromatic nitrogens is 5. The van der Waals surface area contributed by atoms with E-state index in [4.69, 9.17) is 4.84 Å². The van der Waals surface area contributed by atoms with E-state index in [2.05, 4.69) is 25.6 Å². The van der Waals surface area contributed by atoms with Crippen molar-refractivity contribution in [2.24, 2.45) is 7.05 Å². The molecule has 0 radical (unpaired) electrons. The highest BCUT2D eigenvalue weighted by atomic mass is 32.2. The molecule has 0 atom stereocenters. The zero-order valence-electron chi connectivity index (χ0n) is 15.8. The van der Waals surface area contributed by atoms with Crippen molar-refractivity contribution in [1.29, 1.82) is 0 Å². The van der Waals surface area contributed by atoms with Gasteiger partial charge in [-0.15, -0.1) is 5.10 Å². The SMILES string of the molecule is CCc1cc(C(=O)NOCCSC)cnc1-c1nc2cc(C)nnc2n1C. The Balaban J connectivity index is 1.91. The van der Waals surface area contributed by atoms with Crippen LogP contribution in [0.15, 0.2) is 18.3 Å². The lowest BCUT2D eigenvalue weighted by atomic mass is 10.1. The molecule has 0 bridgehead atoms. The molecule has 1 amide bonds. The highest BCUT2D eigenvalue weighted by Crippen LogP contribution is 2.25. The van der Waals surface area contributed by atoms with Crippen LogP contribution in [-0.2, 0) is 18.3 Å². The Bertz CT molecular complexity index is 972. The lowest BCUT2D eigenvalue weighted by Crippen LogP contribution is -2.25. The van der Waals surface area contributed by atoms with E-state index in [0.717, 1.165) is 28.2 Å². The van der Waals surface area contributed by atoms with Crippen molar-refractivity contribution in [3.8, 4) is 11.5 Å². The van der Waals surface area contributed by atoms with Crippen LogP contribution in [-0.4, -0.2) is 49.3 Å². The summed E-state index contributed by atoms with van der Waals surface area (Å²) in [5, 5.41) is 8.31. The lowest BCUT2D eigenvalue weighted by Gasteiger charge is -2.10. The maximum atomic E-state index is 12.2. The molecule has 0 aliphatic rings. The molecule has 3 aromatic heterocycles. The molecule has 0 aliphatic heterocycles. The van der Waals surface area contributed by atoms with E-state index in [1.54, 1.807) is 11.8 Å². The number of nitrogens with zero attached hydrogens (tertiary/aromatic N) is 5. The predicted molar refractivity (Wildman–Crippen MR) is 105 cm³/mol. The Kier molecular flexibility index (Phi) is 6.02. The molecule has 27 heavy (non-hydrogen) atoms. The van der Waals surface area contributed by atoms with Gasteiger partial charge in [0, 0.05) is 19.0 Å². The van der Waals surface area contributed by atoms with Crippen molar-refractivity contribution in [2.45, 2.75) is 20.3 Å². The van der Waals surface area contributed by atoms with Gasteiger partial charge in [0.15, 0.2) is 11.5 Å². The topological polar surface area (TPSA) is 94.8 Å². The number of hydrogen-bond donors (Lipinski definition) is 1. The zero-order valence-corrected chi connectivity index (χ0v) is 16.6. The molecule has 0 fully saturated rings. The largest absolute Gasteiger partial charge is 0.309 e. The van der Waals surface area contributed by atoms with Crippen molar-refractivity contribution >= 4 is 28.8 Å². The summed E-state index contributed by atoms with van der Waals surface area (Å²) in [5.41, 5.74) is 6.84. The smallest absolute Gasteiger partial charge is 0.276 e. The molecule has 0 aliphatic carbocycles. The minimum atomic E-state index is -0.309. The number of amides is 1. The molecule has 1 N–H and O–H groups in total. The van der Waals surface area contributed by atoms with Crippen molar-refractivity contribution in [3.05, 3.63) is 35.2 Å². The Labute approximate surface area is 161 Å². The average molecular weight is 386 g/mol. The van der Waals surface area contributed by atoms with Crippen LogP contribution in [0.5, 0.6) is 0 Å². The van der Waals surface area contributed by atoms with Crippen LogP contribution in [0, 0.1) is 6.92 Å². The second kappa shape index (κ2) is 8.45. The second-order valence-electron chi connectivity index (χ2n) is 6.05. The first kappa shape index (κ1) is 19.2. The second-order valence-corrected chi connectivity index (χ2v) is 7.03. The highest BCUT2D eigenvalue weighted by Gasteiger charge is 2.17. The Morgan fingerprint density at radius 2 is 2.15 bits per heavy atom. The summed E-state index contributed by atoms with van der Waals surface area (Å²) in [6.45, 7) is 4.36. The molecule has 3 heterocycles. The molecule has 9 heteroatoms. The fourth-order valence-corrected chi connectivity index (χ4v) is 2.95. The Hall–Kier alpha value is -2.52. The summed E-state index contributed by atoms with van der Waals surface area (Å²) < 4.78 is 1.87. The van der Waals surface area contributed by atoms with E-state index in [-0.39, 0.29) is 5.91 Å². The van der Waals surface area contributed by atoms with E-state index in [9.17, 15) is 4.79 Å². The van der Waals surface area contributed by atoms with E-state index in [1.807, 2.05) is 43.9 Å². The van der Waals surface area contributed by atoms with Crippen molar-refractivity contribution in [1.82, 2.24) is 30.2 Å². The number of thioether (sulfide) groups is 1. The van der Waals surface area contributed by atoms with Crippen LogP contribution in [0.25, 0.3) is 22.7 Å². The molecular formula is C18H22N6O2S. The zero-order chi connectivity index (χ0) is 19.4. The van der Waals surface area contributed by atoms with Gasteiger partial charge in [0.2, 0.25) is 0 Å². The number of hydrogen-bond acceptors (Lipinski definition) is 7. The third-order valence-electron chi connectivity index (χ3n) is 4.11. The molecule has 0 unspecified atom stereocenters. The molecule has 3 rings (SSSR count). The van der Waals surface area contributed by atoms with Crippen molar-refractivity contribution in [3.63, 3.8) is 0 Å². The summed E-state index contributed by atoms with van der Waals surface area (Å²) in [6, 6.07) is 3.72. The average Bonchev–Trinajstić information content (AvgIpc) is 3.00. The van der Waals surface area contributed by atoms with E-state index in [1.165, 1.54) is 6.20 Å². The number of carbonyl (C=O) groups is 1. The lowest BCUT2D eigenvalue weighted by molar-refractivity contribution is 0.0374. The molecule has 3 aromatic rings. The van der Waals surface area contributed by atoms with Gasteiger partial charge < -0.3 is 4.57 Å². The van der Waals surface area contributed by atoms with Crippen LogP contribution in [0.2, 0.25) is 0 Å². The van der Waals surface area contributed by atoms with Gasteiger partial charge in [-0.25, -0.2) is 10.5 Å².